The van der Waals surface area contributed by atoms with E-state index in [1.54, 1.807) is 48.5 Å². The van der Waals surface area contributed by atoms with E-state index >= 15 is 0 Å². The average Bonchev–Trinajstić information content (AvgIpc) is 2.80. The molecule has 0 aliphatic rings. The van der Waals surface area contributed by atoms with Crippen LogP contribution >= 0.6 is 27.5 Å². The van der Waals surface area contributed by atoms with Gasteiger partial charge in [-0.2, -0.15) is 5.26 Å². The molecule has 0 heterocycles. The number of amides is 1. The van der Waals surface area contributed by atoms with E-state index in [2.05, 4.69) is 21.2 Å². The zero-order valence-corrected chi connectivity index (χ0v) is 19.9. The minimum absolute atomic E-state index is 0.0897. The van der Waals surface area contributed by atoms with Gasteiger partial charge in [0.1, 0.15) is 24.1 Å². The standard InChI is InChI=1S/C25H19BrClFN2O3/c1-2-32-23-12-17(11-18(14-29)25(31)30-21-9-5-19(27)6-10-21)22(26)13-24(23)33-15-16-3-7-20(28)8-4-16/h3-13H,2,15H2,1H3,(H,30,31)/b18-11+. The fourth-order valence-electron chi connectivity index (χ4n) is 2.82. The summed E-state index contributed by atoms with van der Waals surface area (Å²) in [4.78, 5) is 12.6. The normalized spacial score (nSPS) is 10.9. The van der Waals surface area contributed by atoms with Gasteiger partial charge >= 0.3 is 0 Å². The van der Waals surface area contributed by atoms with Crippen LogP contribution in [-0.4, -0.2) is 12.5 Å². The maximum atomic E-state index is 13.1. The summed E-state index contributed by atoms with van der Waals surface area (Å²) in [5.74, 6) is 0.0427. The molecule has 0 saturated carbocycles. The lowest BCUT2D eigenvalue weighted by Gasteiger charge is -2.14. The second kappa shape index (κ2) is 11.5. The van der Waals surface area contributed by atoms with E-state index in [9.17, 15) is 14.4 Å². The average molecular weight is 530 g/mol. The third-order valence-electron chi connectivity index (χ3n) is 4.44. The number of anilines is 1. The molecule has 0 aliphatic heterocycles. The van der Waals surface area contributed by atoms with Gasteiger partial charge in [-0.05, 0) is 72.7 Å². The summed E-state index contributed by atoms with van der Waals surface area (Å²) < 4.78 is 25.3. The first kappa shape index (κ1) is 24.3. The molecule has 3 aromatic rings. The number of nitriles is 1. The Morgan fingerprint density at radius 1 is 1.12 bits per heavy atom. The zero-order chi connectivity index (χ0) is 23.8. The molecule has 3 rings (SSSR count). The van der Waals surface area contributed by atoms with Crippen molar-refractivity contribution >= 4 is 45.2 Å². The maximum absolute atomic E-state index is 13.1. The van der Waals surface area contributed by atoms with E-state index in [1.807, 2.05) is 13.0 Å². The first-order valence-corrected chi connectivity index (χ1v) is 11.1. The van der Waals surface area contributed by atoms with Crippen molar-refractivity contribution in [2.45, 2.75) is 13.5 Å². The second-order valence-corrected chi connectivity index (χ2v) is 8.09. The third kappa shape index (κ3) is 6.82. The van der Waals surface area contributed by atoms with Crippen LogP contribution in [0, 0.1) is 17.1 Å². The fourth-order valence-corrected chi connectivity index (χ4v) is 3.38. The number of carbonyl (C=O) groups excluding carboxylic acids is 1. The molecule has 33 heavy (non-hydrogen) atoms. The van der Waals surface area contributed by atoms with Crippen molar-refractivity contribution in [1.82, 2.24) is 0 Å². The molecule has 0 aliphatic carbocycles. The number of nitrogens with zero attached hydrogens (tertiary/aromatic N) is 1. The summed E-state index contributed by atoms with van der Waals surface area (Å²) in [5, 5.41) is 12.7. The molecular formula is C25H19BrClFN2O3. The van der Waals surface area contributed by atoms with Crippen molar-refractivity contribution in [3.8, 4) is 17.6 Å². The lowest BCUT2D eigenvalue weighted by molar-refractivity contribution is -0.112. The van der Waals surface area contributed by atoms with Crippen LogP contribution in [0.25, 0.3) is 6.08 Å². The van der Waals surface area contributed by atoms with Crippen molar-refractivity contribution in [2.24, 2.45) is 0 Å². The van der Waals surface area contributed by atoms with Crippen molar-refractivity contribution < 1.29 is 18.7 Å². The van der Waals surface area contributed by atoms with Crippen molar-refractivity contribution in [1.29, 1.82) is 5.26 Å². The lowest BCUT2D eigenvalue weighted by atomic mass is 10.1. The summed E-state index contributed by atoms with van der Waals surface area (Å²) in [6, 6.07) is 17.9. The molecule has 5 nitrogen and oxygen atoms in total. The van der Waals surface area contributed by atoms with Crippen LogP contribution in [0.5, 0.6) is 11.5 Å². The van der Waals surface area contributed by atoms with Gasteiger partial charge in [0, 0.05) is 15.2 Å². The maximum Gasteiger partial charge on any atom is 0.266 e. The van der Waals surface area contributed by atoms with Crippen LogP contribution in [0.1, 0.15) is 18.1 Å². The van der Waals surface area contributed by atoms with E-state index < -0.39 is 5.91 Å². The number of nitrogens with one attached hydrogen (secondary N) is 1. The van der Waals surface area contributed by atoms with E-state index in [4.69, 9.17) is 21.1 Å². The van der Waals surface area contributed by atoms with Crippen molar-refractivity contribution in [3.63, 3.8) is 0 Å². The second-order valence-electron chi connectivity index (χ2n) is 6.80. The number of rotatable bonds is 8. The van der Waals surface area contributed by atoms with Gasteiger partial charge in [0.15, 0.2) is 11.5 Å². The minimum atomic E-state index is -0.554. The Morgan fingerprint density at radius 3 is 2.42 bits per heavy atom. The summed E-state index contributed by atoms with van der Waals surface area (Å²) in [6.45, 7) is 2.44. The Kier molecular flexibility index (Phi) is 8.47. The summed E-state index contributed by atoms with van der Waals surface area (Å²) in [7, 11) is 0. The molecule has 0 spiro atoms. The van der Waals surface area contributed by atoms with Crippen molar-refractivity contribution in [2.75, 3.05) is 11.9 Å². The van der Waals surface area contributed by atoms with Gasteiger partial charge in [-0.1, -0.05) is 39.7 Å². The number of hydrogen-bond acceptors (Lipinski definition) is 4. The first-order chi connectivity index (χ1) is 15.9. The molecule has 1 N–H and O–H groups in total. The molecule has 0 fully saturated rings. The van der Waals surface area contributed by atoms with Crippen LogP contribution < -0.4 is 14.8 Å². The fraction of sp³-hybridized carbons (Fsp3) is 0.120. The monoisotopic (exact) mass is 528 g/mol. The molecule has 0 radical (unpaired) electrons. The minimum Gasteiger partial charge on any atom is -0.490 e. The van der Waals surface area contributed by atoms with Crippen molar-refractivity contribution in [3.05, 3.63) is 92.7 Å². The van der Waals surface area contributed by atoms with E-state index in [-0.39, 0.29) is 18.0 Å². The quantitative estimate of drug-likeness (QED) is 0.258. The largest absolute Gasteiger partial charge is 0.490 e. The Labute approximate surface area is 204 Å². The van der Waals surface area contributed by atoms with Gasteiger partial charge in [0.05, 0.1) is 6.61 Å². The molecule has 0 atom stereocenters. The Bertz CT molecular complexity index is 1210. The summed E-state index contributed by atoms with van der Waals surface area (Å²) >= 11 is 9.33. The lowest BCUT2D eigenvalue weighted by Crippen LogP contribution is -2.13. The Hall–Kier alpha value is -3.34. The third-order valence-corrected chi connectivity index (χ3v) is 5.38. The predicted molar refractivity (Wildman–Crippen MR) is 130 cm³/mol. The summed E-state index contributed by atoms with van der Waals surface area (Å²) in [5.41, 5.74) is 1.79. The molecule has 168 valence electrons. The molecule has 1 amide bonds. The molecule has 0 aromatic heterocycles. The molecule has 8 heteroatoms. The van der Waals surface area contributed by atoms with Crippen LogP contribution in [0.2, 0.25) is 5.02 Å². The number of ether oxygens (including phenoxy) is 2. The van der Waals surface area contributed by atoms with Crippen LogP contribution in [0.4, 0.5) is 10.1 Å². The van der Waals surface area contributed by atoms with Gasteiger partial charge in [-0.15, -0.1) is 0 Å². The molecular weight excluding hydrogens is 511 g/mol. The van der Waals surface area contributed by atoms with Crippen LogP contribution in [-0.2, 0) is 11.4 Å². The Morgan fingerprint density at radius 2 is 1.79 bits per heavy atom. The number of hydrogen-bond donors (Lipinski definition) is 1. The highest BCUT2D eigenvalue weighted by molar-refractivity contribution is 9.10. The number of benzene rings is 3. The molecule has 3 aromatic carbocycles. The van der Waals surface area contributed by atoms with Crippen LogP contribution in [0.15, 0.2) is 70.7 Å². The molecule has 0 saturated heterocycles. The SMILES string of the molecule is CCOc1cc(/C=C(\C#N)C(=O)Nc2ccc(Cl)cc2)c(Br)cc1OCc1ccc(F)cc1. The van der Waals surface area contributed by atoms with Gasteiger partial charge in [-0.25, -0.2) is 4.39 Å². The highest BCUT2D eigenvalue weighted by Gasteiger charge is 2.14. The topological polar surface area (TPSA) is 71.3 Å². The smallest absolute Gasteiger partial charge is 0.266 e. The molecule has 0 unspecified atom stereocenters. The highest BCUT2D eigenvalue weighted by atomic mass is 79.9. The van der Waals surface area contributed by atoms with Crippen LogP contribution in [0.3, 0.4) is 0 Å². The van der Waals surface area contributed by atoms with Gasteiger partial charge in [-0.3, -0.25) is 4.79 Å². The first-order valence-electron chi connectivity index (χ1n) is 9.92. The van der Waals surface area contributed by atoms with Gasteiger partial charge < -0.3 is 14.8 Å². The van der Waals surface area contributed by atoms with E-state index in [0.29, 0.717) is 38.9 Å². The van der Waals surface area contributed by atoms with E-state index in [1.165, 1.54) is 18.2 Å². The van der Waals surface area contributed by atoms with E-state index in [0.717, 1.165) is 5.56 Å². The van der Waals surface area contributed by atoms with Gasteiger partial charge in [0.25, 0.3) is 5.91 Å². The Balaban J connectivity index is 1.83. The predicted octanol–water partition coefficient (Wildman–Crippen LogP) is 6.76. The highest BCUT2D eigenvalue weighted by Crippen LogP contribution is 2.35. The number of carbonyl (C=O) groups is 1. The summed E-state index contributed by atoms with van der Waals surface area (Å²) in [6.07, 6.45) is 1.46. The number of halogens is 3. The van der Waals surface area contributed by atoms with Gasteiger partial charge in [0.2, 0.25) is 0 Å². The molecule has 0 bridgehead atoms. The zero-order valence-electron chi connectivity index (χ0n) is 17.6.